The maximum Gasteiger partial charge on any atom is 0.254 e. The summed E-state index contributed by atoms with van der Waals surface area (Å²) in [5.74, 6) is 0.0519. The van der Waals surface area contributed by atoms with Crippen molar-refractivity contribution in [2.45, 2.75) is 13.1 Å². The van der Waals surface area contributed by atoms with E-state index in [0.717, 1.165) is 33.3 Å². The lowest BCUT2D eigenvalue weighted by atomic mass is 10.0. The van der Waals surface area contributed by atoms with Crippen LogP contribution in [0.2, 0.25) is 5.02 Å². The van der Waals surface area contributed by atoms with Gasteiger partial charge in [-0.2, -0.15) is 0 Å². The van der Waals surface area contributed by atoms with Crippen molar-refractivity contribution in [3.8, 4) is 0 Å². The molecule has 0 unspecified atom stereocenters. The summed E-state index contributed by atoms with van der Waals surface area (Å²) in [6.07, 6.45) is 3.51. The van der Waals surface area contributed by atoms with E-state index in [1.165, 1.54) is 0 Å². The zero-order valence-electron chi connectivity index (χ0n) is 16.8. The molecule has 2 heterocycles. The fourth-order valence-electron chi connectivity index (χ4n) is 4.11. The van der Waals surface area contributed by atoms with Gasteiger partial charge in [-0.1, -0.05) is 54.1 Å². The van der Waals surface area contributed by atoms with Gasteiger partial charge in [0.25, 0.3) is 5.91 Å². The molecular formula is C24H22Cl2N4O. The van der Waals surface area contributed by atoms with Gasteiger partial charge < -0.3 is 14.8 Å². The fraction of sp³-hybridized carbons (Fsp3) is 0.167. The summed E-state index contributed by atoms with van der Waals surface area (Å²) in [5.41, 5.74) is 3.91. The Morgan fingerprint density at radius 2 is 1.90 bits per heavy atom. The van der Waals surface area contributed by atoms with Crippen molar-refractivity contribution in [3.05, 3.63) is 95.0 Å². The minimum Gasteiger partial charge on any atom is -0.364 e. The van der Waals surface area contributed by atoms with Gasteiger partial charge in [0.2, 0.25) is 0 Å². The Labute approximate surface area is 192 Å². The first-order chi connectivity index (χ1) is 14.7. The number of carbonyl (C=O) groups excluding carboxylic acids is 1. The Morgan fingerprint density at radius 3 is 2.74 bits per heavy atom. The molecule has 0 spiro atoms. The van der Waals surface area contributed by atoms with Crippen LogP contribution in [0.25, 0.3) is 10.8 Å². The van der Waals surface area contributed by atoms with Crippen LogP contribution in [-0.2, 0) is 13.1 Å². The standard InChI is InChI=1S/C24H21ClN4O.ClH/c25-19-9-8-18-14-29(11-10-28(23(18)12-19)15-20-13-26-16-27-20)24(30)22-7-3-5-17-4-1-2-6-21(17)22;/h1-9,12-13,16H,10-11,14-15H2,(H,26,27);1H. The molecule has 0 saturated carbocycles. The predicted octanol–water partition coefficient (Wildman–Crippen LogP) is 5.30. The lowest BCUT2D eigenvalue weighted by Gasteiger charge is -2.24. The highest BCUT2D eigenvalue weighted by Crippen LogP contribution is 2.30. The van der Waals surface area contributed by atoms with E-state index in [2.05, 4.69) is 14.9 Å². The van der Waals surface area contributed by atoms with Gasteiger partial charge >= 0.3 is 0 Å². The van der Waals surface area contributed by atoms with E-state index < -0.39 is 0 Å². The molecule has 0 fully saturated rings. The van der Waals surface area contributed by atoms with Crippen molar-refractivity contribution >= 4 is 46.4 Å². The molecule has 5 nitrogen and oxygen atoms in total. The number of hydrogen-bond donors (Lipinski definition) is 1. The first-order valence-electron chi connectivity index (χ1n) is 9.97. The fourth-order valence-corrected chi connectivity index (χ4v) is 4.27. The van der Waals surface area contributed by atoms with Crippen LogP contribution in [-0.4, -0.2) is 33.9 Å². The molecule has 0 atom stereocenters. The molecule has 1 amide bonds. The predicted molar refractivity (Wildman–Crippen MR) is 127 cm³/mol. The summed E-state index contributed by atoms with van der Waals surface area (Å²) in [6, 6.07) is 19.8. The van der Waals surface area contributed by atoms with E-state index in [9.17, 15) is 4.79 Å². The SMILES string of the molecule is Cl.O=C(c1cccc2ccccc12)N1CCN(Cc2cnc[nH]2)c2cc(Cl)ccc2C1. The summed E-state index contributed by atoms with van der Waals surface area (Å²) in [6.45, 7) is 2.57. The molecule has 4 aromatic rings. The smallest absolute Gasteiger partial charge is 0.254 e. The van der Waals surface area contributed by atoms with Crippen LogP contribution in [0.3, 0.4) is 0 Å². The van der Waals surface area contributed by atoms with Crippen LogP contribution in [0.15, 0.2) is 73.2 Å². The van der Waals surface area contributed by atoms with Gasteiger partial charge in [-0.25, -0.2) is 4.98 Å². The van der Waals surface area contributed by atoms with E-state index in [0.29, 0.717) is 31.2 Å². The van der Waals surface area contributed by atoms with Crippen molar-refractivity contribution in [3.63, 3.8) is 0 Å². The molecule has 0 bridgehead atoms. The van der Waals surface area contributed by atoms with Crippen LogP contribution < -0.4 is 4.90 Å². The molecule has 0 aliphatic carbocycles. The second-order valence-corrected chi connectivity index (χ2v) is 7.96. The molecule has 1 N–H and O–H groups in total. The number of amides is 1. The highest BCUT2D eigenvalue weighted by atomic mass is 35.5. The number of nitrogens with one attached hydrogen (secondary N) is 1. The zero-order chi connectivity index (χ0) is 20.5. The highest BCUT2D eigenvalue weighted by molar-refractivity contribution is 6.30. The van der Waals surface area contributed by atoms with Crippen molar-refractivity contribution in [1.29, 1.82) is 0 Å². The number of aromatic nitrogens is 2. The first kappa shape index (κ1) is 21.2. The number of benzene rings is 3. The number of imidazole rings is 1. The quantitative estimate of drug-likeness (QED) is 0.458. The second-order valence-electron chi connectivity index (χ2n) is 7.52. The van der Waals surface area contributed by atoms with Gasteiger partial charge in [-0.15, -0.1) is 12.4 Å². The molecular weight excluding hydrogens is 431 g/mol. The van der Waals surface area contributed by atoms with Crippen molar-refractivity contribution in [1.82, 2.24) is 14.9 Å². The lowest BCUT2D eigenvalue weighted by Crippen LogP contribution is -2.35. The normalized spacial score (nSPS) is 13.5. The highest BCUT2D eigenvalue weighted by Gasteiger charge is 2.25. The molecule has 3 aromatic carbocycles. The maximum absolute atomic E-state index is 13.5. The molecule has 158 valence electrons. The third-order valence-corrected chi connectivity index (χ3v) is 5.85. The van der Waals surface area contributed by atoms with E-state index in [-0.39, 0.29) is 18.3 Å². The number of carbonyl (C=O) groups is 1. The van der Waals surface area contributed by atoms with Crippen LogP contribution in [0.1, 0.15) is 21.6 Å². The number of anilines is 1. The minimum atomic E-state index is 0. The van der Waals surface area contributed by atoms with E-state index in [1.807, 2.05) is 71.8 Å². The third kappa shape index (κ3) is 4.24. The van der Waals surface area contributed by atoms with Gasteiger partial charge in [0.05, 0.1) is 18.6 Å². The topological polar surface area (TPSA) is 52.2 Å². The largest absolute Gasteiger partial charge is 0.364 e. The Hall–Kier alpha value is -3.02. The zero-order valence-corrected chi connectivity index (χ0v) is 18.4. The Kier molecular flexibility index (Phi) is 6.16. The average Bonchev–Trinajstić information content (AvgIpc) is 3.22. The van der Waals surface area contributed by atoms with Gasteiger partial charge in [-0.05, 0) is 34.5 Å². The Balaban J connectivity index is 0.00000231. The van der Waals surface area contributed by atoms with Crippen molar-refractivity contribution < 1.29 is 4.79 Å². The van der Waals surface area contributed by atoms with Gasteiger partial charge in [0.1, 0.15) is 0 Å². The first-order valence-corrected chi connectivity index (χ1v) is 10.3. The van der Waals surface area contributed by atoms with E-state index in [4.69, 9.17) is 11.6 Å². The summed E-state index contributed by atoms with van der Waals surface area (Å²) in [7, 11) is 0. The monoisotopic (exact) mass is 452 g/mol. The van der Waals surface area contributed by atoms with Crippen LogP contribution >= 0.6 is 24.0 Å². The van der Waals surface area contributed by atoms with Crippen molar-refractivity contribution in [2.75, 3.05) is 18.0 Å². The number of nitrogens with zero attached hydrogens (tertiary/aromatic N) is 3. The number of H-pyrrole nitrogens is 1. The summed E-state index contributed by atoms with van der Waals surface area (Å²) >= 11 is 6.31. The summed E-state index contributed by atoms with van der Waals surface area (Å²) in [4.78, 5) is 25.0. The van der Waals surface area contributed by atoms with E-state index >= 15 is 0 Å². The number of fused-ring (bicyclic) bond motifs is 2. The molecule has 1 aliphatic rings. The van der Waals surface area contributed by atoms with E-state index in [1.54, 1.807) is 6.33 Å². The molecule has 1 aromatic heterocycles. The number of halogens is 2. The molecule has 5 rings (SSSR count). The molecule has 1 aliphatic heterocycles. The molecule has 0 saturated heterocycles. The van der Waals surface area contributed by atoms with Gasteiger partial charge in [0, 0.05) is 42.1 Å². The van der Waals surface area contributed by atoms with Crippen molar-refractivity contribution in [2.24, 2.45) is 0 Å². The maximum atomic E-state index is 13.5. The number of aromatic amines is 1. The Morgan fingerprint density at radius 1 is 1.06 bits per heavy atom. The molecule has 31 heavy (non-hydrogen) atoms. The molecule has 7 heteroatoms. The van der Waals surface area contributed by atoms with Crippen LogP contribution in [0.4, 0.5) is 5.69 Å². The second kappa shape index (κ2) is 9.00. The minimum absolute atomic E-state index is 0. The number of hydrogen-bond acceptors (Lipinski definition) is 3. The summed E-state index contributed by atoms with van der Waals surface area (Å²) in [5, 5.41) is 2.75. The van der Waals surface area contributed by atoms with Gasteiger partial charge in [-0.3, -0.25) is 4.79 Å². The van der Waals surface area contributed by atoms with Gasteiger partial charge in [0.15, 0.2) is 0 Å². The Bertz CT molecular complexity index is 1200. The third-order valence-electron chi connectivity index (χ3n) is 5.61. The molecule has 0 radical (unpaired) electrons. The lowest BCUT2D eigenvalue weighted by molar-refractivity contribution is 0.0753. The average molecular weight is 453 g/mol. The van der Waals surface area contributed by atoms with Crippen LogP contribution in [0.5, 0.6) is 0 Å². The summed E-state index contributed by atoms with van der Waals surface area (Å²) < 4.78 is 0. The number of rotatable bonds is 3. The van der Waals surface area contributed by atoms with Crippen LogP contribution in [0, 0.1) is 0 Å².